The van der Waals surface area contributed by atoms with Gasteiger partial charge in [0.1, 0.15) is 6.07 Å². The molecule has 1 heterocycles. The van der Waals surface area contributed by atoms with Crippen LogP contribution < -0.4 is 11.1 Å². The molecule has 0 atom stereocenters. The zero-order valence-electron chi connectivity index (χ0n) is 9.53. The van der Waals surface area contributed by atoms with E-state index in [9.17, 15) is 4.79 Å². The number of thioether (sulfide) groups is 1. The highest BCUT2D eigenvalue weighted by Crippen LogP contribution is 2.29. The number of nitrogens with one attached hydrogen (secondary N) is 1. The van der Waals surface area contributed by atoms with Crippen LogP contribution in [-0.4, -0.2) is 17.7 Å². The largest absolute Gasteiger partial charge is 0.376 e. The molecule has 0 aromatic heterocycles. The topological polar surface area (TPSA) is 78.9 Å². The zero-order valence-corrected chi connectivity index (χ0v) is 10.3. The number of amides is 1. The van der Waals surface area contributed by atoms with Crippen LogP contribution in [0, 0.1) is 11.3 Å². The number of allylic oxidation sites excluding steroid dienone is 2. The Bertz CT molecular complexity index is 428. The SMILES string of the molecule is N#CC1=C(NC2CCCC2)SCC(C(N)=O)=C1. The lowest BCUT2D eigenvalue weighted by atomic mass is 10.1. The number of primary amides is 1. The van der Waals surface area contributed by atoms with Crippen molar-refractivity contribution in [3.05, 3.63) is 22.3 Å². The Morgan fingerprint density at radius 3 is 2.82 bits per heavy atom. The van der Waals surface area contributed by atoms with E-state index in [1.807, 2.05) is 0 Å². The maximum atomic E-state index is 11.1. The van der Waals surface area contributed by atoms with Crippen LogP contribution in [0.1, 0.15) is 25.7 Å². The smallest absolute Gasteiger partial charge is 0.245 e. The molecule has 0 unspecified atom stereocenters. The molecule has 17 heavy (non-hydrogen) atoms. The number of nitriles is 1. The summed E-state index contributed by atoms with van der Waals surface area (Å²) < 4.78 is 0. The first-order chi connectivity index (χ1) is 8.20. The molecule has 3 N–H and O–H groups in total. The van der Waals surface area contributed by atoms with E-state index in [4.69, 9.17) is 11.0 Å². The Labute approximate surface area is 105 Å². The van der Waals surface area contributed by atoms with Crippen LogP contribution in [0.3, 0.4) is 0 Å². The van der Waals surface area contributed by atoms with Crippen LogP contribution in [0.25, 0.3) is 0 Å². The van der Waals surface area contributed by atoms with Crippen LogP contribution in [-0.2, 0) is 4.79 Å². The minimum atomic E-state index is -0.440. The first-order valence-electron chi connectivity index (χ1n) is 5.75. The van der Waals surface area contributed by atoms with Crippen molar-refractivity contribution in [1.82, 2.24) is 5.32 Å². The summed E-state index contributed by atoms with van der Waals surface area (Å²) in [5.41, 5.74) is 6.27. The van der Waals surface area contributed by atoms with Crippen LogP contribution in [0.2, 0.25) is 0 Å². The summed E-state index contributed by atoms with van der Waals surface area (Å²) >= 11 is 1.50. The summed E-state index contributed by atoms with van der Waals surface area (Å²) in [5.74, 6) is 0.111. The van der Waals surface area contributed by atoms with Gasteiger partial charge in [-0.25, -0.2) is 0 Å². The van der Waals surface area contributed by atoms with E-state index >= 15 is 0 Å². The third kappa shape index (κ3) is 2.83. The van der Waals surface area contributed by atoms with Gasteiger partial charge in [-0.3, -0.25) is 4.79 Å². The van der Waals surface area contributed by atoms with Gasteiger partial charge in [-0.05, 0) is 18.9 Å². The number of carbonyl (C=O) groups excluding carboxylic acids is 1. The summed E-state index contributed by atoms with van der Waals surface area (Å²) in [6.45, 7) is 0. The van der Waals surface area contributed by atoms with Crippen molar-refractivity contribution in [3.8, 4) is 6.07 Å². The van der Waals surface area contributed by atoms with E-state index in [-0.39, 0.29) is 0 Å². The van der Waals surface area contributed by atoms with E-state index in [0.29, 0.717) is 22.9 Å². The molecular formula is C12H15N3OS. The number of rotatable bonds is 3. The third-order valence-corrected chi connectivity index (χ3v) is 4.14. The summed E-state index contributed by atoms with van der Waals surface area (Å²) in [6.07, 6.45) is 6.43. The lowest BCUT2D eigenvalue weighted by molar-refractivity contribution is -0.114. The fourth-order valence-corrected chi connectivity index (χ4v) is 3.14. The molecule has 0 saturated heterocycles. The molecule has 1 fully saturated rings. The summed E-state index contributed by atoms with van der Waals surface area (Å²) in [6, 6.07) is 2.60. The van der Waals surface area contributed by atoms with Gasteiger partial charge in [0.05, 0.1) is 10.6 Å². The van der Waals surface area contributed by atoms with Gasteiger partial charge in [-0.2, -0.15) is 5.26 Å². The molecule has 0 bridgehead atoms. The molecule has 0 radical (unpaired) electrons. The minimum absolute atomic E-state index is 0.440. The van der Waals surface area contributed by atoms with E-state index in [1.54, 1.807) is 6.08 Å². The van der Waals surface area contributed by atoms with Crippen molar-refractivity contribution in [2.75, 3.05) is 5.75 Å². The Morgan fingerprint density at radius 2 is 2.24 bits per heavy atom. The summed E-state index contributed by atoms with van der Waals surface area (Å²) in [5, 5.41) is 13.4. The van der Waals surface area contributed by atoms with Gasteiger partial charge in [0.15, 0.2) is 0 Å². The van der Waals surface area contributed by atoms with Crippen molar-refractivity contribution in [2.24, 2.45) is 5.73 Å². The predicted octanol–water partition coefficient (Wildman–Crippen LogP) is 1.41. The van der Waals surface area contributed by atoms with E-state index in [1.165, 1.54) is 24.6 Å². The van der Waals surface area contributed by atoms with Gasteiger partial charge >= 0.3 is 0 Å². The molecule has 5 heteroatoms. The Morgan fingerprint density at radius 1 is 1.53 bits per heavy atom. The fraction of sp³-hybridized carbons (Fsp3) is 0.500. The third-order valence-electron chi connectivity index (χ3n) is 3.06. The van der Waals surface area contributed by atoms with Crippen LogP contribution in [0.5, 0.6) is 0 Å². The average molecular weight is 249 g/mol. The van der Waals surface area contributed by atoms with E-state index in [2.05, 4.69) is 11.4 Å². The van der Waals surface area contributed by atoms with Crippen molar-refractivity contribution in [2.45, 2.75) is 31.7 Å². The first kappa shape index (κ1) is 12.1. The molecule has 2 aliphatic rings. The number of nitrogens with zero attached hydrogens (tertiary/aromatic N) is 1. The van der Waals surface area contributed by atoms with Crippen molar-refractivity contribution in [3.63, 3.8) is 0 Å². The van der Waals surface area contributed by atoms with Crippen molar-refractivity contribution >= 4 is 17.7 Å². The normalized spacial score (nSPS) is 21.0. The first-order valence-corrected chi connectivity index (χ1v) is 6.73. The molecule has 0 aromatic rings. The van der Waals surface area contributed by atoms with Crippen LogP contribution >= 0.6 is 11.8 Å². The second-order valence-electron chi connectivity index (χ2n) is 4.30. The minimum Gasteiger partial charge on any atom is -0.376 e. The molecule has 0 aromatic carbocycles. The van der Waals surface area contributed by atoms with E-state index < -0.39 is 5.91 Å². The van der Waals surface area contributed by atoms with Gasteiger partial charge in [-0.15, -0.1) is 11.8 Å². The van der Waals surface area contributed by atoms with Gasteiger partial charge in [0.2, 0.25) is 5.91 Å². The number of hydrogen-bond acceptors (Lipinski definition) is 4. The number of nitrogens with two attached hydrogens (primary N) is 1. The lowest BCUT2D eigenvalue weighted by Gasteiger charge is -2.20. The second kappa shape index (κ2) is 5.28. The Kier molecular flexibility index (Phi) is 3.75. The molecule has 0 spiro atoms. The standard InChI is InChI=1S/C12H15N3OS/c13-6-8-5-9(11(14)16)7-17-12(8)15-10-3-1-2-4-10/h5,10,15H,1-4,7H2,(H2,14,16). The summed E-state index contributed by atoms with van der Waals surface area (Å²) in [4.78, 5) is 11.1. The summed E-state index contributed by atoms with van der Waals surface area (Å²) in [7, 11) is 0. The average Bonchev–Trinajstić information content (AvgIpc) is 2.82. The predicted molar refractivity (Wildman–Crippen MR) is 67.8 cm³/mol. The second-order valence-corrected chi connectivity index (χ2v) is 5.29. The number of carbonyl (C=O) groups is 1. The fourth-order valence-electron chi connectivity index (χ4n) is 2.11. The molecular weight excluding hydrogens is 234 g/mol. The van der Waals surface area contributed by atoms with Crippen molar-refractivity contribution in [1.29, 1.82) is 5.26 Å². The lowest BCUT2D eigenvalue weighted by Crippen LogP contribution is -2.27. The molecule has 1 saturated carbocycles. The van der Waals surface area contributed by atoms with Gasteiger partial charge in [0, 0.05) is 17.4 Å². The Balaban J connectivity index is 2.14. The van der Waals surface area contributed by atoms with Gasteiger partial charge in [0.25, 0.3) is 0 Å². The highest BCUT2D eigenvalue weighted by atomic mass is 32.2. The highest BCUT2D eigenvalue weighted by molar-refractivity contribution is 8.03. The molecule has 90 valence electrons. The van der Waals surface area contributed by atoms with Crippen molar-refractivity contribution < 1.29 is 4.79 Å². The van der Waals surface area contributed by atoms with Gasteiger partial charge in [-0.1, -0.05) is 12.8 Å². The van der Waals surface area contributed by atoms with Gasteiger partial charge < -0.3 is 11.1 Å². The Hall–Kier alpha value is -1.41. The quantitative estimate of drug-likeness (QED) is 0.792. The zero-order chi connectivity index (χ0) is 12.3. The number of hydrogen-bond donors (Lipinski definition) is 2. The van der Waals surface area contributed by atoms with Crippen LogP contribution in [0.4, 0.5) is 0 Å². The maximum Gasteiger partial charge on any atom is 0.245 e. The molecule has 1 amide bonds. The molecule has 2 rings (SSSR count). The molecule has 1 aliphatic heterocycles. The molecule has 1 aliphatic carbocycles. The monoisotopic (exact) mass is 249 g/mol. The highest BCUT2D eigenvalue weighted by Gasteiger charge is 2.21. The van der Waals surface area contributed by atoms with Crippen LogP contribution in [0.15, 0.2) is 22.3 Å². The maximum absolute atomic E-state index is 11.1. The molecule has 4 nitrogen and oxygen atoms in total. The van der Waals surface area contributed by atoms with E-state index in [0.717, 1.165) is 17.9 Å².